The van der Waals surface area contributed by atoms with Crippen LogP contribution in [0.2, 0.25) is 0 Å². The summed E-state index contributed by atoms with van der Waals surface area (Å²) >= 11 is 0. The fourth-order valence-electron chi connectivity index (χ4n) is 5.61. The molecule has 2 aliphatic rings. The summed E-state index contributed by atoms with van der Waals surface area (Å²) in [6.45, 7) is 5.03. The van der Waals surface area contributed by atoms with E-state index in [4.69, 9.17) is 5.10 Å². The third-order valence-corrected chi connectivity index (χ3v) is 7.32. The van der Waals surface area contributed by atoms with Gasteiger partial charge in [-0.3, -0.25) is 14.3 Å². The molecule has 8 heteroatoms. The van der Waals surface area contributed by atoms with Crippen molar-refractivity contribution in [2.24, 2.45) is 0 Å². The first-order chi connectivity index (χ1) is 17.5. The fourth-order valence-corrected chi connectivity index (χ4v) is 5.61. The Balaban J connectivity index is 1.74. The topological polar surface area (TPSA) is 80.1 Å². The number of pyridine rings is 1. The van der Waals surface area contributed by atoms with Crippen LogP contribution in [0.15, 0.2) is 36.5 Å². The van der Waals surface area contributed by atoms with E-state index in [2.05, 4.69) is 10.3 Å². The highest BCUT2D eigenvalue weighted by atomic mass is 19.1. The third-order valence-electron chi connectivity index (χ3n) is 7.32. The number of carbonyl (C=O) groups excluding carboxylic acids is 2. The summed E-state index contributed by atoms with van der Waals surface area (Å²) < 4.78 is 15.8. The van der Waals surface area contributed by atoms with Gasteiger partial charge in [-0.25, -0.2) is 9.37 Å². The van der Waals surface area contributed by atoms with Gasteiger partial charge in [-0.2, -0.15) is 5.10 Å². The quantitative estimate of drug-likeness (QED) is 0.513. The van der Waals surface area contributed by atoms with E-state index in [1.807, 2.05) is 22.6 Å². The Labute approximate surface area is 210 Å². The number of benzene rings is 1. The van der Waals surface area contributed by atoms with E-state index < -0.39 is 0 Å². The van der Waals surface area contributed by atoms with Crippen LogP contribution in [-0.4, -0.2) is 38.0 Å². The summed E-state index contributed by atoms with van der Waals surface area (Å²) in [6, 6.07) is 8.39. The average molecular weight is 490 g/mol. The van der Waals surface area contributed by atoms with Crippen molar-refractivity contribution in [3.05, 3.63) is 53.6 Å². The van der Waals surface area contributed by atoms with Gasteiger partial charge in [-0.15, -0.1) is 0 Å². The Morgan fingerprint density at radius 2 is 1.83 bits per heavy atom. The molecular formula is C28H32FN5O2. The maximum Gasteiger partial charge on any atom is 0.222 e. The minimum atomic E-state index is -0.302. The molecule has 1 aliphatic heterocycles. The van der Waals surface area contributed by atoms with E-state index in [-0.39, 0.29) is 23.5 Å². The van der Waals surface area contributed by atoms with Gasteiger partial charge in [-0.05, 0) is 54.7 Å². The highest BCUT2D eigenvalue weighted by molar-refractivity contribution is 5.92. The average Bonchev–Trinajstić information content (AvgIpc) is 3.27. The second-order valence-electron chi connectivity index (χ2n) is 9.71. The van der Waals surface area contributed by atoms with Crippen LogP contribution in [0.1, 0.15) is 69.5 Å². The second-order valence-corrected chi connectivity index (χ2v) is 9.71. The van der Waals surface area contributed by atoms with Gasteiger partial charge in [0.1, 0.15) is 17.3 Å². The van der Waals surface area contributed by atoms with Gasteiger partial charge in [-0.1, -0.05) is 26.2 Å². The number of nitrogens with zero attached hydrogens (tertiary/aromatic N) is 4. The number of amides is 2. The zero-order valence-electron chi connectivity index (χ0n) is 20.9. The number of halogens is 1. The lowest BCUT2D eigenvalue weighted by molar-refractivity contribution is -0.132. The molecule has 3 heterocycles. The van der Waals surface area contributed by atoms with Crippen molar-refractivity contribution >= 4 is 17.6 Å². The van der Waals surface area contributed by atoms with Crippen molar-refractivity contribution in [2.45, 2.75) is 71.4 Å². The number of aromatic nitrogens is 3. The van der Waals surface area contributed by atoms with E-state index in [9.17, 15) is 14.0 Å². The normalized spacial score (nSPS) is 16.0. The van der Waals surface area contributed by atoms with Crippen molar-refractivity contribution in [3.63, 3.8) is 0 Å². The highest BCUT2D eigenvalue weighted by Crippen LogP contribution is 2.45. The maximum absolute atomic E-state index is 13.8. The largest absolute Gasteiger partial charge is 0.335 e. The number of hydrogen-bond acceptors (Lipinski definition) is 4. The first kappa shape index (κ1) is 24.2. The van der Waals surface area contributed by atoms with Gasteiger partial charge in [0.15, 0.2) is 0 Å². The monoisotopic (exact) mass is 489 g/mol. The van der Waals surface area contributed by atoms with E-state index in [1.165, 1.54) is 25.5 Å². The van der Waals surface area contributed by atoms with Crippen LogP contribution >= 0.6 is 0 Å². The molecule has 5 rings (SSSR count). The molecule has 1 aliphatic carbocycles. The number of nitrogens with one attached hydrogen (secondary N) is 1. The van der Waals surface area contributed by atoms with Crippen LogP contribution in [0.3, 0.4) is 0 Å². The molecule has 0 saturated heterocycles. The maximum atomic E-state index is 13.8. The van der Waals surface area contributed by atoms with E-state index in [0.717, 1.165) is 59.3 Å². The Morgan fingerprint density at radius 3 is 2.53 bits per heavy atom. The lowest BCUT2D eigenvalue weighted by Crippen LogP contribution is -2.38. The van der Waals surface area contributed by atoms with Crippen LogP contribution in [-0.2, 0) is 22.7 Å². The molecule has 0 radical (unpaired) electrons. The summed E-state index contributed by atoms with van der Waals surface area (Å²) in [7, 11) is 0. The first-order valence-corrected chi connectivity index (χ1v) is 12.9. The molecule has 1 aromatic carbocycles. The molecular weight excluding hydrogens is 457 g/mol. The standard InChI is InChI=1S/C28H32FN5O2/c1-3-24(36)33-15-16-34-23(17-33)26(27(32-34)20-9-11-21(29)12-10-20)22-13-14-30-28(31-18(2)35)25(22)19-7-5-4-6-8-19/h9-14,19H,3-8,15-17H2,1-2H3,(H,30,31,35). The SMILES string of the molecule is CCC(=O)N1CCn2nc(-c3ccc(F)cc3)c(-c3ccnc(NC(C)=O)c3C3CCCCC3)c2C1. The molecule has 0 bridgehead atoms. The minimum Gasteiger partial charge on any atom is -0.335 e. The van der Waals surface area contributed by atoms with Crippen molar-refractivity contribution < 1.29 is 14.0 Å². The number of anilines is 1. The van der Waals surface area contributed by atoms with Gasteiger partial charge in [0.05, 0.1) is 18.8 Å². The zero-order valence-corrected chi connectivity index (χ0v) is 20.9. The molecule has 1 fully saturated rings. The summed E-state index contributed by atoms with van der Waals surface area (Å²) in [5.74, 6) is 0.501. The Kier molecular flexibility index (Phi) is 6.85. The first-order valence-electron chi connectivity index (χ1n) is 12.9. The summed E-state index contributed by atoms with van der Waals surface area (Å²) in [6.07, 6.45) is 7.71. The molecule has 188 valence electrons. The zero-order chi connectivity index (χ0) is 25.2. The van der Waals surface area contributed by atoms with Crippen molar-refractivity contribution in [1.82, 2.24) is 19.7 Å². The Bertz CT molecular complexity index is 1280. The Hall–Kier alpha value is -3.55. The van der Waals surface area contributed by atoms with Crippen molar-refractivity contribution in [2.75, 3.05) is 11.9 Å². The molecule has 0 unspecified atom stereocenters. The van der Waals surface area contributed by atoms with Crippen LogP contribution in [0.5, 0.6) is 0 Å². The van der Waals surface area contributed by atoms with E-state index in [0.29, 0.717) is 31.9 Å². The van der Waals surface area contributed by atoms with E-state index in [1.54, 1.807) is 18.3 Å². The smallest absolute Gasteiger partial charge is 0.222 e. The lowest BCUT2D eigenvalue weighted by Gasteiger charge is -2.29. The lowest BCUT2D eigenvalue weighted by atomic mass is 9.80. The Morgan fingerprint density at radius 1 is 1.08 bits per heavy atom. The second kappa shape index (κ2) is 10.2. The molecule has 1 N–H and O–H groups in total. The number of fused-ring (bicyclic) bond motifs is 1. The summed E-state index contributed by atoms with van der Waals surface area (Å²) in [5.41, 5.74) is 5.48. The van der Waals surface area contributed by atoms with Crippen LogP contribution < -0.4 is 5.32 Å². The molecule has 2 amide bonds. The molecule has 2 aromatic heterocycles. The molecule has 1 saturated carbocycles. The van der Waals surface area contributed by atoms with Crippen molar-refractivity contribution in [3.8, 4) is 22.4 Å². The third kappa shape index (κ3) is 4.64. The van der Waals surface area contributed by atoms with Gasteiger partial charge < -0.3 is 10.2 Å². The van der Waals surface area contributed by atoms with Gasteiger partial charge in [0.2, 0.25) is 11.8 Å². The minimum absolute atomic E-state index is 0.109. The van der Waals surface area contributed by atoms with Crippen LogP contribution in [0, 0.1) is 5.82 Å². The molecule has 0 spiro atoms. The molecule has 36 heavy (non-hydrogen) atoms. The van der Waals surface area contributed by atoms with Gasteiger partial charge >= 0.3 is 0 Å². The molecule has 3 aromatic rings. The number of hydrogen-bond donors (Lipinski definition) is 1. The van der Waals surface area contributed by atoms with Crippen LogP contribution in [0.25, 0.3) is 22.4 Å². The fraction of sp³-hybridized carbons (Fsp3) is 0.429. The van der Waals surface area contributed by atoms with Gasteiger partial charge in [0.25, 0.3) is 0 Å². The predicted molar refractivity (Wildman–Crippen MR) is 137 cm³/mol. The summed E-state index contributed by atoms with van der Waals surface area (Å²) in [4.78, 5) is 31.2. The van der Waals surface area contributed by atoms with Crippen LogP contribution in [0.4, 0.5) is 10.2 Å². The van der Waals surface area contributed by atoms with Gasteiger partial charge in [0, 0.05) is 42.8 Å². The highest BCUT2D eigenvalue weighted by Gasteiger charge is 2.31. The number of rotatable bonds is 5. The number of carbonyl (C=O) groups is 2. The summed E-state index contributed by atoms with van der Waals surface area (Å²) in [5, 5.41) is 7.94. The van der Waals surface area contributed by atoms with E-state index >= 15 is 0 Å². The predicted octanol–water partition coefficient (Wildman–Crippen LogP) is 5.51. The molecule has 0 atom stereocenters. The molecule has 7 nitrogen and oxygen atoms in total. The van der Waals surface area contributed by atoms with Crippen molar-refractivity contribution in [1.29, 1.82) is 0 Å².